The molecule has 0 radical (unpaired) electrons. The van der Waals surface area contributed by atoms with Gasteiger partial charge in [-0.05, 0) is 53.4 Å². The first kappa shape index (κ1) is 16.8. The summed E-state index contributed by atoms with van der Waals surface area (Å²) in [5, 5.41) is 0. The molecule has 140 valence electrons. The molecule has 4 heteroatoms. The highest BCUT2D eigenvalue weighted by molar-refractivity contribution is 5.79. The van der Waals surface area contributed by atoms with Crippen LogP contribution in [0.4, 0.5) is 4.79 Å². The van der Waals surface area contributed by atoms with Gasteiger partial charge < -0.3 is 15.4 Å². The fraction of sp³-hybridized carbons (Fsp3) is 0.435. The summed E-state index contributed by atoms with van der Waals surface area (Å²) in [7, 11) is 0. The predicted molar refractivity (Wildman–Crippen MR) is 105 cm³/mol. The Balaban J connectivity index is 1.28. The second-order valence-electron chi connectivity index (χ2n) is 8.29. The van der Waals surface area contributed by atoms with Crippen LogP contribution in [0.1, 0.15) is 36.3 Å². The second kappa shape index (κ2) is 6.68. The molecule has 5 rings (SSSR count). The van der Waals surface area contributed by atoms with E-state index in [9.17, 15) is 4.79 Å². The molecule has 1 aliphatic heterocycles. The van der Waals surface area contributed by atoms with Crippen LogP contribution >= 0.6 is 0 Å². The molecular formula is C23H26N2O2. The highest BCUT2D eigenvalue weighted by atomic mass is 16.6. The summed E-state index contributed by atoms with van der Waals surface area (Å²) in [5.74, 6) is 1.37. The molecule has 1 heterocycles. The third kappa shape index (κ3) is 2.92. The van der Waals surface area contributed by atoms with E-state index < -0.39 is 0 Å². The van der Waals surface area contributed by atoms with Gasteiger partial charge in [-0.2, -0.15) is 0 Å². The Morgan fingerprint density at radius 3 is 2.33 bits per heavy atom. The molecule has 1 saturated carbocycles. The van der Waals surface area contributed by atoms with Crippen molar-refractivity contribution >= 4 is 6.09 Å². The molecule has 2 aromatic rings. The number of hydrogen-bond acceptors (Lipinski definition) is 3. The molecule has 3 atom stereocenters. The standard InChI is InChI=1S/C23H26N2O2/c24-17-11-15-9-10-25(13-16(15)12-17)23(26)27-14-22-20-7-3-1-5-18(20)19-6-2-4-8-21(19)22/h1-8,15-17,22H,9-14,24H2/t15-,16-,17?/m0/s1. The summed E-state index contributed by atoms with van der Waals surface area (Å²) in [6, 6.07) is 17.2. The van der Waals surface area contributed by atoms with Gasteiger partial charge in [-0.15, -0.1) is 0 Å². The first-order valence-corrected chi connectivity index (χ1v) is 10.1. The van der Waals surface area contributed by atoms with Crippen LogP contribution in [0.15, 0.2) is 48.5 Å². The number of nitrogens with two attached hydrogens (primary N) is 1. The summed E-state index contributed by atoms with van der Waals surface area (Å²) in [6.45, 7) is 2.00. The summed E-state index contributed by atoms with van der Waals surface area (Å²) >= 11 is 0. The molecule has 0 bridgehead atoms. The zero-order valence-electron chi connectivity index (χ0n) is 15.5. The monoisotopic (exact) mass is 362 g/mol. The number of benzene rings is 2. The molecule has 3 aliphatic rings. The van der Waals surface area contributed by atoms with Crippen LogP contribution in [0.5, 0.6) is 0 Å². The molecule has 2 N–H and O–H groups in total. The van der Waals surface area contributed by atoms with Crippen LogP contribution in [0.2, 0.25) is 0 Å². The molecule has 1 saturated heterocycles. The maximum atomic E-state index is 12.7. The van der Waals surface area contributed by atoms with Crippen LogP contribution in [-0.2, 0) is 4.74 Å². The van der Waals surface area contributed by atoms with Gasteiger partial charge in [0.1, 0.15) is 6.61 Å². The van der Waals surface area contributed by atoms with Crippen molar-refractivity contribution in [3.8, 4) is 11.1 Å². The van der Waals surface area contributed by atoms with Crippen molar-refractivity contribution in [3.63, 3.8) is 0 Å². The minimum absolute atomic E-state index is 0.124. The van der Waals surface area contributed by atoms with E-state index in [4.69, 9.17) is 10.5 Å². The molecule has 2 aliphatic carbocycles. The van der Waals surface area contributed by atoms with E-state index in [1.54, 1.807) is 0 Å². The number of hydrogen-bond donors (Lipinski definition) is 1. The highest BCUT2D eigenvalue weighted by Gasteiger charge is 2.38. The predicted octanol–water partition coefficient (Wildman–Crippen LogP) is 3.99. The van der Waals surface area contributed by atoms with Gasteiger partial charge in [0.2, 0.25) is 0 Å². The topological polar surface area (TPSA) is 55.6 Å². The lowest BCUT2D eigenvalue weighted by Crippen LogP contribution is -2.42. The number of rotatable bonds is 2. The second-order valence-corrected chi connectivity index (χ2v) is 8.29. The third-order valence-corrected chi connectivity index (χ3v) is 6.70. The number of likely N-dealkylation sites (tertiary alicyclic amines) is 1. The van der Waals surface area contributed by atoms with Crippen LogP contribution in [0.25, 0.3) is 11.1 Å². The number of amides is 1. The van der Waals surface area contributed by atoms with Crippen molar-refractivity contribution in [1.82, 2.24) is 4.90 Å². The number of fused-ring (bicyclic) bond motifs is 4. The van der Waals surface area contributed by atoms with E-state index in [-0.39, 0.29) is 12.0 Å². The van der Waals surface area contributed by atoms with E-state index in [2.05, 4.69) is 48.5 Å². The lowest BCUT2D eigenvalue weighted by molar-refractivity contribution is 0.0732. The highest BCUT2D eigenvalue weighted by Crippen LogP contribution is 2.44. The average Bonchev–Trinajstić information content (AvgIpc) is 3.22. The van der Waals surface area contributed by atoms with E-state index in [1.807, 2.05) is 4.90 Å². The van der Waals surface area contributed by atoms with Gasteiger partial charge in [0.25, 0.3) is 0 Å². The minimum atomic E-state index is -0.171. The van der Waals surface area contributed by atoms with Gasteiger partial charge in [-0.1, -0.05) is 48.5 Å². The Labute approximate surface area is 160 Å². The van der Waals surface area contributed by atoms with E-state index >= 15 is 0 Å². The van der Waals surface area contributed by atoms with Crippen molar-refractivity contribution in [3.05, 3.63) is 59.7 Å². The molecule has 0 aromatic heterocycles. The van der Waals surface area contributed by atoms with Gasteiger partial charge in [-0.25, -0.2) is 4.79 Å². The van der Waals surface area contributed by atoms with Crippen molar-refractivity contribution in [2.24, 2.45) is 17.6 Å². The molecule has 1 amide bonds. The maximum Gasteiger partial charge on any atom is 0.409 e. The van der Waals surface area contributed by atoms with Crippen LogP contribution in [-0.4, -0.2) is 36.7 Å². The van der Waals surface area contributed by atoms with Crippen molar-refractivity contribution in [2.75, 3.05) is 19.7 Å². The van der Waals surface area contributed by atoms with Gasteiger partial charge in [0.05, 0.1) is 0 Å². The number of ether oxygens (including phenoxy) is 1. The number of carbonyl (C=O) groups is 1. The zero-order valence-corrected chi connectivity index (χ0v) is 15.5. The Hall–Kier alpha value is -2.33. The summed E-state index contributed by atoms with van der Waals surface area (Å²) in [5.41, 5.74) is 11.1. The van der Waals surface area contributed by atoms with Gasteiger partial charge in [-0.3, -0.25) is 0 Å². The number of carbonyl (C=O) groups excluding carboxylic acids is 1. The van der Waals surface area contributed by atoms with Gasteiger partial charge in [0, 0.05) is 25.0 Å². The number of piperidine rings is 1. The Kier molecular flexibility index (Phi) is 4.16. The molecular weight excluding hydrogens is 336 g/mol. The van der Waals surface area contributed by atoms with Crippen molar-refractivity contribution < 1.29 is 9.53 Å². The molecule has 2 aromatic carbocycles. The summed E-state index contributed by atoms with van der Waals surface area (Å²) in [6.07, 6.45) is 3.04. The fourth-order valence-electron chi connectivity index (χ4n) is 5.38. The van der Waals surface area contributed by atoms with Crippen LogP contribution in [0.3, 0.4) is 0 Å². The van der Waals surface area contributed by atoms with E-state index in [1.165, 1.54) is 22.3 Å². The first-order valence-electron chi connectivity index (χ1n) is 10.1. The van der Waals surface area contributed by atoms with Crippen molar-refractivity contribution in [2.45, 2.75) is 31.2 Å². The smallest absolute Gasteiger partial charge is 0.409 e. The third-order valence-electron chi connectivity index (χ3n) is 6.70. The lowest BCUT2D eigenvalue weighted by Gasteiger charge is -2.34. The molecule has 4 nitrogen and oxygen atoms in total. The van der Waals surface area contributed by atoms with Gasteiger partial charge in [0.15, 0.2) is 0 Å². The molecule has 1 unspecified atom stereocenters. The Morgan fingerprint density at radius 1 is 1.00 bits per heavy atom. The summed E-state index contributed by atoms with van der Waals surface area (Å²) < 4.78 is 5.81. The Morgan fingerprint density at radius 2 is 1.63 bits per heavy atom. The average molecular weight is 362 g/mol. The minimum Gasteiger partial charge on any atom is -0.448 e. The molecule has 27 heavy (non-hydrogen) atoms. The summed E-state index contributed by atoms with van der Waals surface area (Å²) in [4.78, 5) is 14.6. The SMILES string of the molecule is NC1C[C@@H]2CCN(C(=O)OCC3c4ccccc4-c4ccccc43)C[C@@H]2C1. The van der Waals surface area contributed by atoms with Gasteiger partial charge >= 0.3 is 6.09 Å². The van der Waals surface area contributed by atoms with E-state index in [0.717, 1.165) is 32.4 Å². The Bertz CT molecular complexity index is 819. The number of nitrogens with zero attached hydrogens (tertiary/aromatic N) is 1. The molecule has 2 fully saturated rings. The fourth-order valence-corrected chi connectivity index (χ4v) is 5.38. The zero-order chi connectivity index (χ0) is 18.4. The van der Waals surface area contributed by atoms with Crippen LogP contribution < -0.4 is 5.73 Å². The van der Waals surface area contributed by atoms with Crippen LogP contribution in [0, 0.1) is 11.8 Å². The first-order chi connectivity index (χ1) is 13.2. The lowest BCUT2D eigenvalue weighted by atomic mass is 9.89. The quantitative estimate of drug-likeness (QED) is 0.879. The largest absolute Gasteiger partial charge is 0.448 e. The molecule has 0 spiro atoms. The maximum absolute atomic E-state index is 12.7. The van der Waals surface area contributed by atoms with Crippen molar-refractivity contribution in [1.29, 1.82) is 0 Å². The normalized spacial score (nSPS) is 26.4. The van der Waals surface area contributed by atoms with E-state index in [0.29, 0.717) is 24.5 Å².